The SMILES string of the molecule is CC(C)(C)c1ccc(/C=C\C(=O)NCc2ccccc2)cc1. The molecule has 1 amide bonds. The lowest BCUT2D eigenvalue weighted by Gasteiger charge is -2.18. The molecule has 2 heteroatoms. The summed E-state index contributed by atoms with van der Waals surface area (Å²) in [4.78, 5) is 11.8. The minimum Gasteiger partial charge on any atom is -0.348 e. The third-order valence-corrected chi connectivity index (χ3v) is 3.51. The van der Waals surface area contributed by atoms with E-state index in [0.717, 1.165) is 11.1 Å². The Morgan fingerprint density at radius 3 is 2.23 bits per heavy atom. The van der Waals surface area contributed by atoms with Crippen LogP contribution in [0.5, 0.6) is 0 Å². The van der Waals surface area contributed by atoms with Gasteiger partial charge < -0.3 is 5.32 Å². The van der Waals surface area contributed by atoms with Crippen LogP contribution < -0.4 is 5.32 Å². The van der Waals surface area contributed by atoms with Gasteiger partial charge in [0.2, 0.25) is 5.91 Å². The van der Waals surface area contributed by atoms with E-state index in [1.165, 1.54) is 5.56 Å². The normalized spacial score (nSPS) is 11.6. The van der Waals surface area contributed by atoms with Crippen LogP contribution in [0.3, 0.4) is 0 Å². The molecule has 0 radical (unpaired) electrons. The fourth-order valence-electron chi connectivity index (χ4n) is 2.11. The third-order valence-electron chi connectivity index (χ3n) is 3.51. The summed E-state index contributed by atoms with van der Waals surface area (Å²) in [5, 5.41) is 2.88. The summed E-state index contributed by atoms with van der Waals surface area (Å²) in [5.74, 6) is -0.0799. The van der Waals surface area contributed by atoms with Crippen molar-refractivity contribution in [3.05, 3.63) is 77.4 Å². The Balaban J connectivity index is 1.90. The number of carbonyl (C=O) groups is 1. The van der Waals surface area contributed by atoms with E-state index >= 15 is 0 Å². The van der Waals surface area contributed by atoms with Gasteiger partial charge in [-0.25, -0.2) is 0 Å². The smallest absolute Gasteiger partial charge is 0.244 e. The summed E-state index contributed by atoms with van der Waals surface area (Å²) in [6.45, 7) is 7.12. The molecule has 2 aromatic rings. The van der Waals surface area contributed by atoms with Crippen LogP contribution in [-0.4, -0.2) is 5.91 Å². The van der Waals surface area contributed by atoms with Gasteiger partial charge in [0.1, 0.15) is 0 Å². The van der Waals surface area contributed by atoms with Crippen molar-refractivity contribution in [1.29, 1.82) is 0 Å². The van der Waals surface area contributed by atoms with E-state index in [9.17, 15) is 4.79 Å². The average Bonchev–Trinajstić information content (AvgIpc) is 2.51. The van der Waals surface area contributed by atoms with Crippen molar-refractivity contribution >= 4 is 12.0 Å². The Morgan fingerprint density at radius 1 is 1.00 bits per heavy atom. The summed E-state index contributed by atoms with van der Waals surface area (Å²) in [6.07, 6.45) is 3.42. The van der Waals surface area contributed by atoms with E-state index in [-0.39, 0.29) is 11.3 Å². The van der Waals surface area contributed by atoms with Crippen molar-refractivity contribution in [3.63, 3.8) is 0 Å². The van der Waals surface area contributed by atoms with Gasteiger partial charge in [-0.2, -0.15) is 0 Å². The highest BCUT2D eigenvalue weighted by Gasteiger charge is 2.12. The van der Waals surface area contributed by atoms with E-state index in [1.54, 1.807) is 6.08 Å². The van der Waals surface area contributed by atoms with Crippen LogP contribution in [0.15, 0.2) is 60.7 Å². The van der Waals surface area contributed by atoms with Crippen molar-refractivity contribution in [2.75, 3.05) is 0 Å². The molecule has 0 heterocycles. The van der Waals surface area contributed by atoms with Gasteiger partial charge in [-0.3, -0.25) is 4.79 Å². The highest BCUT2D eigenvalue weighted by atomic mass is 16.1. The zero-order valence-corrected chi connectivity index (χ0v) is 13.5. The Hall–Kier alpha value is -2.35. The number of amides is 1. The second-order valence-electron chi connectivity index (χ2n) is 6.41. The first-order valence-electron chi connectivity index (χ1n) is 7.55. The number of hydrogen-bond acceptors (Lipinski definition) is 1. The van der Waals surface area contributed by atoms with E-state index in [1.807, 2.05) is 48.5 Å². The molecule has 0 bridgehead atoms. The van der Waals surface area contributed by atoms with Crippen molar-refractivity contribution < 1.29 is 4.79 Å². The molecule has 0 spiro atoms. The lowest BCUT2D eigenvalue weighted by Crippen LogP contribution is -2.20. The zero-order chi connectivity index (χ0) is 16.0. The molecular weight excluding hydrogens is 270 g/mol. The highest BCUT2D eigenvalue weighted by Crippen LogP contribution is 2.22. The fourth-order valence-corrected chi connectivity index (χ4v) is 2.11. The molecule has 22 heavy (non-hydrogen) atoms. The minimum absolute atomic E-state index is 0.0799. The number of carbonyl (C=O) groups excluding carboxylic acids is 1. The lowest BCUT2D eigenvalue weighted by molar-refractivity contribution is -0.116. The van der Waals surface area contributed by atoms with E-state index in [0.29, 0.717) is 6.54 Å². The van der Waals surface area contributed by atoms with Gasteiger partial charge in [0.15, 0.2) is 0 Å². The van der Waals surface area contributed by atoms with Crippen LogP contribution in [0.4, 0.5) is 0 Å². The molecule has 0 unspecified atom stereocenters. The maximum absolute atomic E-state index is 11.8. The molecule has 2 rings (SSSR count). The standard InChI is InChI=1S/C20H23NO/c1-20(2,3)18-12-9-16(10-13-18)11-14-19(22)21-15-17-7-5-4-6-8-17/h4-14H,15H2,1-3H3,(H,21,22)/b14-11-. The second-order valence-corrected chi connectivity index (χ2v) is 6.41. The Bertz CT molecular complexity index is 634. The largest absolute Gasteiger partial charge is 0.348 e. The van der Waals surface area contributed by atoms with Gasteiger partial charge >= 0.3 is 0 Å². The Kier molecular flexibility index (Phi) is 5.16. The van der Waals surface area contributed by atoms with Crippen LogP contribution in [-0.2, 0) is 16.8 Å². The number of hydrogen-bond donors (Lipinski definition) is 1. The number of rotatable bonds is 4. The molecule has 0 saturated carbocycles. The third kappa shape index (κ3) is 4.88. The van der Waals surface area contributed by atoms with Gasteiger partial charge in [-0.1, -0.05) is 75.4 Å². The zero-order valence-electron chi connectivity index (χ0n) is 13.5. The Morgan fingerprint density at radius 2 is 1.64 bits per heavy atom. The van der Waals surface area contributed by atoms with E-state index in [2.05, 4.69) is 38.2 Å². The van der Waals surface area contributed by atoms with Crippen molar-refractivity contribution in [3.8, 4) is 0 Å². The number of nitrogens with one attached hydrogen (secondary N) is 1. The average molecular weight is 293 g/mol. The molecule has 0 atom stereocenters. The topological polar surface area (TPSA) is 29.1 Å². The van der Waals surface area contributed by atoms with Crippen LogP contribution in [0.25, 0.3) is 6.08 Å². The monoisotopic (exact) mass is 293 g/mol. The van der Waals surface area contributed by atoms with Crippen molar-refractivity contribution in [2.45, 2.75) is 32.7 Å². The van der Waals surface area contributed by atoms with Crippen LogP contribution in [0.2, 0.25) is 0 Å². The first-order chi connectivity index (χ1) is 10.4. The predicted molar refractivity (Wildman–Crippen MR) is 92.5 cm³/mol. The maximum atomic E-state index is 11.8. The first-order valence-corrected chi connectivity index (χ1v) is 7.55. The quantitative estimate of drug-likeness (QED) is 0.836. The molecule has 0 aliphatic rings. The highest BCUT2D eigenvalue weighted by molar-refractivity contribution is 5.91. The van der Waals surface area contributed by atoms with Crippen LogP contribution in [0.1, 0.15) is 37.5 Å². The molecule has 2 aromatic carbocycles. The molecule has 1 N–H and O–H groups in total. The molecule has 114 valence electrons. The van der Waals surface area contributed by atoms with Crippen molar-refractivity contribution in [1.82, 2.24) is 5.32 Å². The lowest BCUT2D eigenvalue weighted by atomic mass is 9.87. The summed E-state index contributed by atoms with van der Waals surface area (Å²) in [6, 6.07) is 18.2. The summed E-state index contributed by atoms with van der Waals surface area (Å²) in [5.41, 5.74) is 3.56. The predicted octanol–water partition coefficient (Wildman–Crippen LogP) is 4.31. The maximum Gasteiger partial charge on any atom is 0.244 e. The van der Waals surface area contributed by atoms with Gasteiger partial charge in [0.25, 0.3) is 0 Å². The van der Waals surface area contributed by atoms with Gasteiger partial charge in [-0.05, 0) is 28.2 Å². The van der Waals surface area contributed by atoms with Crippen molar-refractivity contribution in [2.24, 2.45) is 0 Å². The molecule has 0 aliphatic heterocycles. The molecule has 2 nitrogen and oxygen atoms in total. The fraction of sp³-hybridized carbons (Fsp3) is 0.250. The number of benzene rings is 2. The van der Waals surface area contributed by atoms with Crippen LogP contribution in [0, 0.1) is 0 Å². The minimum atomic E-state index is -0.0799. The molecule has 0 fully saturated rings. The van der Waals surface area contributed by atoms with Gasteiger partial charge in [0, 0.05) is 12.6 Å². The second kappa shape index (κ2) is 7.08. The van der Waals surface area contributed by atoms with E-state index < -0.39 is 0 Å². The molecule has 0 saturated heterocycles. The van der Waals surface area contributed by atoms with Gasteiger partial charge in [-0.15, -0.1) is 0 Å². The summed E-state index contributed by atoms with van der Waals surface area (Å²) >= 11 is 0. The van der Waals surface area contributed by atoms with E-state index in [4.69, 9.17) is 0 Å². The molecular formula is C20H23NO. The molecule has 0 aromatic heterocycles. The van der Waals surface area contributed by atoms with Gasteiger partial charge in [0.05, 0.1) is 0 Å². The molecule has 0 aliphatic carbocycles. The van der Waals surface area contributed by atoms with Crippen LogP contribution >= 0.6 is 0 Å². The summed E-state index contributed by atoms with van der Waals surface area (Å²) in [7, 11) is 0. The Labute approximate surface area is 132 Å². The summed E-state index contributed by atoms with van der Waals surface area (Å²) < 4.78 is 0. The first kappa shape index (κ1) is 16.0.